The largest absolute Gasteiger partial charge is 0.495 e. The number of halogens is 2. The number of hydrogen-bond donors (Lipinski definition) is 1. The molecule has 0 aliphatic heterocycles. The number of methoxy groups -OCH3 is 2. The summed E-state index contributed by atoms with van der Waals surface area (Å²) in [6.45, 7) is 0. The highest BCUT2D eigenvalue weighted by Crippen LogP contribution is 2.36. The van der Waals surface area contributed by atoms with Crippen molar-refractivity contribution in [2.45, 2.75) is 4.90 Å². The van der Waals surface area contributed by atoms with E-state index < -0.39 is 0 Å². The maximum atomic E-state index is 12.8. The van der Waals surface area contributed by atoms with E-state index in [-0.39, 0.29) is 17.5 Å². The van der Waals surface area contributed by atoms with Crippen LogP contribution in [0.25, 0.3) is 0 Å². The molecule has 0 aromatic heterocycles. The minimum Gasteiger partial charge on any atom is -0.495 e. The van der Waals surface area contributed by atoms with Gasteiger partial charge in [0, 0.05) is 17.0 Å². The Bertz CT molecular complexity index is 694. The van der Waals surface area contributed by atoms with Crippen LogP contribution in [-0.2, 0) is 4.79 Å². The third-order valence-electron chi connectivity index (χ3n) is 2.93. The van der Waals surface area contributed by atoms with Crippen molar-refractivity contribution in [2.24, 2.45) is 0 Å². The molecule has 2 aromatic carbocycles. The van der Waals surface area contributed by atoms with Crippen molar-refractivity contribution in [1.82, 2.24) is 0 Å². The molecule has 0 unspecified atom stereocenters. The molecule has 0 aliphatic rings. The van der Waals surface area contributed by atoms with E-state index >= 15 is 0 Å². The fraction of sp³-hybridized carbons (Fsp3) is 0.188. The number of thioether (sulfide) groups is 1. The Morgan fingerprint density at radius 1 is 1.17 bits per heavy atom. The quantitative estimate of drug-likeness (QED) is 0.788. The maximum absolute atomic E-state index is 12.8. The van der Waals surface area contributed by atoms with Gasteiger partial charge in [-0.15, -0.1) is 11.8 Å². The standard InChI is InChI=1S/C16H15ClFNO3S/c1-21-14-8-13(15(22-2)7-12(14)17)19-16(20)9-23-11-5-3-10(18)4-6-11/h3-8H,9H2,1-2H3,(H,19,20). The summed E-state index contributed by atoms with van der Waals surface area (Å²) >= 11 is 7.32. The lowest BCUT2D eigenvalue weighted by atomic mass is 10.2. The molecule has 0 fully saturated rings. The molecule has 0 atom stereocenters. The van der Waals surface area contributed by atoms with Crippen molar-refractivity contribution in [1.29, 1.82) is 0 Å². The Hall–Kier alpha value is -1.92. The van der Waals surface area contributed by atoms with Crippen molar-refractivity contribution in [3.05, 3.63) is 47.2 Å². The first-order valence-corrected chi connectivity index (χ1v) is 7.99. The zero-order valence-corrected chi connectivity index (χ0v) is 14.1. The first-order valence-electron chi connectivity index (χ1n) is 6.63. The Morgan fingerprint density at radius 3 is 2.43 bits per heavy atom. The van der Waals surface area contributed by atoms with Crippen molar-refractivity contribution in [3.63, 3.8) is 0 Å². The number of benzene rings is 2. The van der Waals surface area contributed by atoms with Gasteiger partial charge < -0.3 is 14.8 Å². The zero-order valence-electron chi connectivity index (χ0n) is 12.6. The van der Waals surface area contributed by atoms with Gasteiger partial charge in [-0.1, -0.05) is 11.6 Å². The molecule has 1 N–H and O–H groups in total. The van der Waals surface area contributed by atoms with Gasteiger partial charge in [-0.2, -0.15) is 0 Å². The SMILES string of the molecule is COc1cc(NC(=O)CSc2ccc(F)cc2)c(OC)cc1Cl. The summed E-state index contributed by atoms with van der Waals surface area (Å²) in [5.74, 6) is 0.531. The van der Waals surface area contributed by atoms with Crippen molar-refractivity contribution < 1.29 is 18.7 Å². The van der Waals surface area contributed by atoms with Gasteiger partial charge in [-0.3, -0.25) is 4.79 Å². The Morgan fingerprint density at radius 2 is 1.83 bits per heavy atom. The second-order valence-electron chi connectivity index (χ2n) is 4.48. The molecule has 0 saturated heterocycles. The van der Waals surface area contributed by atoms with Crippen LogP contribution < -0.4 is 14.8 Å². The summed E-state index contributed by atoms with van der Waals surface area (Å²) in [6.07, 6.45) is 0. The Labute approximate surface area is 142 Å². The van der Waals surface area contributed by atoms with Gasteiger partial charge in [0.1, 0.15) is 17.3 Å². The van der Waals surface area contributed by atoms with E-state index in [1.165, 1.54) is 38.1 Å². The number of hydrogen-bond acceptors (Lipinski definition) is 4. The normalized spacial score (nSPS) is 10.3. The third kappa shape index (κ3) is 4.77. The number of nitrogens with one attached hydrogen (secondary N) is 1. The van der Waals surface area contributed by atoms with Gasteiger partial charge in [0.15, 0.2) is 0 Å². The van der Waals surface area contributed by atoms with Gasteiger partial charge in [0.2, 0.25) is 5.91 Å². The molecular weight excluding hydrogens is 341 g/mol. The number of rotatable bonds is 6. The number of carbonyl (C=O) groups excluding carboxylic acids is 1. The molecule has 0 bridgehead atoms. The van der Waals surface area contributed by atoms with Crippen LogP contribution in [-0.4, -0.2) is 25.9 Å². The van der Waals surface area contributed by atoms with E-state index in [4.69, 9.17) is 21.1 Å². The lowest BCUT2D eigenvalue weighted by molar-refractivity contribution is -0.113. The summed E-state index contributed by atoms with van der Waals surface area (Å²) in [4.78, 5) is 12.9. The molecule has 2 aromatic rings. The van der Waals surface area contributed by atoms with Gasteiger partial charge in [0.25, 0.3) is 0 Å². The van der Waals surface area contributed by atoms with Crippen molar-refractivity contribution in [2.75, 3.05) is 25.3 Å². The Balaban J connectivity index is 2.03. The molecule has 0 saturated carbocycles. The highest BCUT2D eigenvalue weighted by Gasteiger charge is 2.12. The zero-order chi connectivity index (χ0) is 16.8. The third-order valence-corrected chi connectivity index (χ3v) is 4.24. The average Bonchev–Trinajstić information content (AvgIpc) is 2.55. The van der Waals surface area contributed by atoms with Gasteiger partial charge in [-0.25, -0.2) is 4.39 Å². The van der Waals surface area contributed by atoms with Gasteiger partial charge in [0.05, 0.1) is 30.7 Å². The fourth-order valence-electron chi connectivity index (χ4n) is 1.82. The first kappa shape index (κ1) is 17.4. The second kappa shape index (κ2) is 8.08. The van der Waals surface area contributed by atoms with Crippen LogP contribution in [0.15, 0.2) is 41.3 Å². The molecule has 7 heteroatoms. The monoisotopic (exact) mass is 355 g/mol. The summed E-state index contributed by atoms with van der Waals surface area (Å²) in [6, 6.07) is 9.13. The van der Waals surface area contributed by atoms with E-state index in [0.717, 1.165) is 4.90 Å². The molecule has 1 amide bonds. The van der Waals surface area contributed by atoms with Gasteiger partial charge >= 0.3 is 0 Å². The van der Waals surface area contributed by atoms with Crippen LogP contribution in [0.3, 0.4) is 0 Å². The maximum Gasteiger partial charge on any atom is 0.234 e. The highest BCUT2D eigenvalue weighted by atomic mass is 35.5. The number of amides is 1. The topological polar surface area (TPSA) is 47.6 Å². The molecule has 23 heavy (non-hydrogen) atoms. The summed E-state index contributed by atoms with van der Waals surface area (Å²) < 4.78 is 23.2. The van der Waals surface area contributed by atoms with Crippen LogP contribution in [0.1, 0.15) is 0 Å². The summed E-state index contributed by atoms with van der Waals surface area (Å²) in [7, 11) is 2.98. The molecule has 0 spiro atoms. The van der Waals surface area contributed by atoms with Crippen molar-refractivity contribution >= 4 is 35.0 Å². The van der Waals surface area contributed by atoms with Crippen LogP contribution >= 0.6 is 23.4 Å². The predicted molar refractivity (Wildman–Crippen MR) is 90.3 cm³/mol. The molecule has 2 rings (SSSR count). The van der Waals surface area contributed by atoms with Crippen LogP contribution in [0.2, 0.25) is 5.02 Å². The average molecular weight is 356 g/mol. The van der Waals surface area contributed by atoms with Crippen molar-refractivity contribution in [3.8, 4) is 11.5 Å². The first-order chi connectivity index (χ1) is 11.0. The summed E-state index contributed by atoms with van der Waals surface area (Å²) in [5, 5.41) is 3.14. The lowest BCUT2D eigenvalue weighted by Crippen LogP contribution is -2.14. The smallest absolute Gasteiger partial charge is 0.234 e. The van der Waals surface area contributed by atoms with Crippen LogP contribution in [0.5, 0.6) is 11.5 Å². The van der Waals surface area contributed by atoms with Crippen LogP contribution in [0.4, 0.5) is 10.1 Å². The predicted octanol–water partition coefficient (Wildman–Crippen LogP) is 4.23. The highest BCUT2D eigenvalue weighted by molar-refractivity contribution is 8.00. The van der Waals surface area contributed by atoms with E-state index in [0.29, 0.717) is 22.2 Å². The second-order valence-corrected chi connectivity index (χ2v) is 5.93. The number of ether oxygens (including phenoxy) is 2. The van der Waals surface area contributed by atoms with Gasteiger partial charge in [-0.05, 0) is 24.3 Å². The van der Waals surface area contributed by atoms with E-state index in [2.05, 4.69) is 5.32 Å². The van der Waals surface area contributed by atoms with E-state index in [9.17, 15) is 9.18 Å². The lowest BCUT2D eigenvalue weighted by Gasteiger charge is -2.13. The van der Waals surface area contributed by atoms with E-state index in [1.54, 1.807) is 24.3 Å². The molecule has 4 nitrogen and oxygen atoms in total. The molecule has 0 aliphatic carbocycles. The van der Waals surface area contributed by atoms with Crippen LogP contribution in [0, 0.1) is 5.82 Å². The molecule has 0 heterocycles. The molecule has 122 valence electrons. The van der Waals surface area contributed by atoms with E-state index in [1.807, 2.05) is 0 Å². The number of carbonyl (C=O) groups is 1. The summed E-state index contributed by atoms with van der Waals surface area (Å²) in [5.41, 5.74) is 0.471. The minimum absolute atomic E-state index is 0.180. The Kier molecular flexibility index (Phi) is 6.12. The number of anilines is 1. The fourth-order valence-corrected chi connectivity index (χ4v) is 2.75. The molecule has 0 radical (unpaired) electrons. The molecular formula is C16H15ClFNO3S. The minimum atomic E-state index is -0.309.